The molecule has 1 N–H and O–H groups in total. The van der Waals surface area contributed by atoms with Crippen LogP contribution >= 0.6 is 0 Å². The summed E-state index contributed by atoms with van der Waals surface area (Å²) < 4.78 is 23.7. The van der Waals surface area contributed by atoms with Crippen LogP contribution in [0.1, 0.15) is 25.1 Å². The number of oxazole rings is 1. The number of halogens is 1. The Labute approximate surface area is 111 Å². The molecule has 1 aromatic carbocycles. The first-order valence-electron chi connectivity index (χ1n) is 6.16. The zero-order valence-corrected chi connectivity index (χ0v) is 11.2. The van der Waals surface area contributed by atoms with E-state index >= 15 is 0 Å². The van der Waals surface area contributed by atoms with Gasteiger partial charge in [0.15, 0.2) is 0 Å². The summed E-state index contributed by atoms with van der Waals surface area (Å²) >= 11 is 0. The van der Waals surface area contributed by atoms with Crippen molar-refractivity contribution >= 4 is 0 Å². The van der Waals surface area contributed by atoms with Gasteiger partial charge in [-0.25, -0.2) is 4.39 Å². The zero-order valence-electron chi connectivity index (χ0n) is 11.2. The van der Waals surface area contributed by atoms with Crippen LogP contribution in [-0.2, 0) is 6.54 Å². The van der Waals surface area contributed by atoms with Crippen LogP contribution in [0.4, 0.5) is 4.39 Å². The molecular formula is C14H17FN2O2. The summed E-state index contributed by atoms with van der Waals surface area (Å²) in [5.74, 6) is 0.241. The molecule has 1 heterocycles. The lowest BCUT2D eigenvalue weighted by molar-refractivity contribution is 0.330. The Morgan fingerprint density at radius 3 is 2.89 bits per heavy atom. The second kappa shape index (κ2) is 5.84. The van der Waals surface area contributed by atoms with Crippen LogP contribution in [0, 0.1) is 12.7 Å². The maximum absolute atomic E-state index is 13.1. The number of rotatable bonds is 5. The van der Waals surface area contributed by atoms with Crippen molar-refractivity contribution in [3.63, 3.8) is 0 Å². The van der Waals surface area contributed by atoms with Crippen molar-refractivity contribution in [1.29, 1.82) is 0 Å². The summed E-state index contributed by atoms with van der Waals surface area (Å²) in [6.45, 7) is 6.40. The van der Waals surface area contributed by atoms with Gasteiger partial charge in [-0.3, -0.25) is 0 Å². The van der Waals surface area contributed by atoms with Gasteiger partial charge >= 0.3 is 6.08 Å². The average molecular weight is 264 g/mol. The molecule has 1 aromatic heterocycles. The van der Waals surface area contributed by atoms with Crippen molar-refractivity contribution < 1.29 is 13.5 Å². The highest BCUT2D eigenvalue weighted by Crippen LogP contribution is 2.22. The zero-order chi connectivity index (χ0) is 13.8. The quantitative estimate of drug-likeness (QED) is 0.899. The van der Waals surface area contributed by atoms with Gasteiger partial charge < -0.3 is 14.5 Å². The van der Waals surface area contributed by atoms with E-state index in [9.17, 15) is 4.39 Å². The lowest BCUT2D eigenvalue weighted by Crippen LogP contribution is -2.21. The van der Waals surface area contributed by atoms with Crippen LogP contribution in [0.3, 0.4) is 0 Å². The third kappa shape index (κ3) is 3.79. The molecule has 0 amide bonds. The van der Waals surface area contributed by atoms with Crippen molar-refractivity contribution in [2.45, 2.75) is 33.4 Å². The number of nitrogens with one attached hydrogen (secondary N) is 1. The Hall–Kier alpha value is -1.88. The molecular weight excluding hydrogens is 247 g/mol. The molecule has 0 aliphatic carbocycles. The van der Waals surface area contributed by atoms with Gasteiger partial charge in [-0.1, -0.05) is 13.8 Å². The second-order valence-corrected chi connectivity index (χ2v) is 4.65. The standard InChI is InChI=1S/C14H17FN2O2/c1-9(2)16-7-11-8-18-14(17-11)19-12-4-5-13(15)10(3)6-12/h4-6,8-9,16H,7H2,1-3H3. The molecule has 0 saturated heterocycles. The first-order valence-corrected chi connectivity index (χ1v) is 6.16. The van der Waals surface area contributed by atoms with E-state index in [4.69, 9.17) is 9.15 Å². The monoisotopic (exact) mass is 264 g/mol. The highest BCUT2D eigenvalue weighted by molar-refractivity contribution is 5.30. The maximum Gasteiger partial charge on any atom is 0.399 e. The molecule has 4 nitrogen and oxygen atoms in total. The van der Waals surface area contributed by atoms with Gasteiger partial charge in [0.05, 0.1) is 5.69 Å². The van der Waals surface area contributed by atoms with E-state index in [0.29, 0.717) is 23.9 Å². The van der Waals surface area contributed by atoms with Crippen LogP contribution in [-0.4, -0.2) is 11.0 Å². The number of ether oxygens (including phenoxy) is 1. The maximum atomic E-state index is 13.1. The van der Waals surface area contributed by atoms with Gasteiger partial charge in [-0.05, 0) is 30.7 Å². The Kier molecular flexibility index (Phi) is 4.16. The normalized spacial score (nSPS) is 11.0. The van der Waals surface area contributed by atoms with Crippen molar-refractivity contribution in [3.05, 3.63) is 41.5 Å². The minimum atomic E-state index is -0.262. The molecule has 0 fully saturated rings. The lowest BCUT2D eigenvalue weighted by atomic mass is 10.2. The van der Waals surface area contributed by atoms with E-state index in [2.05, 4.69) is 24.1 Å². The molecule has 2 rings (SSSR count). The fourth-order valence-corrected chi connectivity index (χ4v) is 1.51. The van der Waals surface area contributed by atoms with E-state index < -0.39 is 0 Å². The molecule has 0 spiro atoms. The van der Waals surface area contributed by atoms with E-state index in [1.165, 1.54) is 6.07 Å². The summed E-state index contributed by atoms with van der Waals surface area (Å²) in [4.78, 5) is 4.18. The van der Waals surface area contributed by atoms with Gasteiger partial charge in [0.25, 0.3) is 0 Å². The van der Waals surface area contributed by atoms with E-state index in [0.717, 1.165) is 5.69 Å². The highest BCUT2D eigenvalue weighted by Gasteiger charge is 2.08. The second-order valence-electron chi connectivity index (χ2n) is 4.65. The molecule has 102 valence electrons. The largest absolute Gasteiger partial charge is 0.417 e. The average Bonchev–Trinajstić information content (AvgIpc) is 2.79. The van der Waals surface area contributed by atoms with Gasteiger partial charge in [0.1, 0.15) is 17.8 Å². The summed E-state index contributed by atoms with van der Waals surface area (Å²) in [6, 6.07) is 4.87. The molecule has 0 unspecified atom stereocenters. The van der Waals surface area contributed by atoms with Gasteiger partial charge in [-0.15, -0.1) is 0 Å². The molecule has 19 heavy (non-hydrogen) atoms. The van der Waals surface area contributed by atoms with E-state index in [1.54, 1.807) is 25.3 Å². The third-order valence-electron chi connectivity index (χ3n) is 2.56. The van der Waals surface area contributed by atoms with Gasteiger partial charge in [0, 0.05) is 12.6 Å². The fourth-order valence-electron chi connectivity index (χ4n) is 1.51. The predicted octanol–water partition coefficient (Wildman–Crippen LogP) is 3.41. The van der Waals surface area contributed by atoms with Crippen molar-refractivity contribution in [2.75, 3.05) is 0 Å². The van der Waals surface area contributed by atoms with Crippen LogP contribution in [0.15, 0.2) is 28.9 Å². The van der Waals surface area contributed by atoms with Crippen LogP contribution in [0.5, 0.6) is 11.8 Å². The van der Waals surface area contributed by atoms with E-state index in [1.807, 2.05) is 0 Å². The molecule has 0 bridgehead atoms. The number of benzene rings is 1. The van der Waals surface area contributed by atoms with E-state index in [-0.39, 0.29) is 11.9 Å². The highest BCUT2D eigenvalue weighted by atomic mass is 19.1. The molecule has 0 radical (unpaired) electrons. The summed E-state index contributed by atoms with van der Waals surface area (Å²) in [5, 5.41) is 3.23. The number of aryl methyl sites for hydroxylation is 1. The predicted molar refractivity (Wildman–Crippen MR) is 69.7 cm³/mol. The Morgan fingerprint density at radius 2 is 2.21 bits per heavy atom. The Bertz CT molecular complexity index is 552. The molecule has 0 aliphatic rings. The minimum absolute atomic E-state index is 0.159. The fraction of sp³-hybridized carbons (Fsp3) is 0.357. The number of nitrogens with zero attached hydrogens (tertiary/aromatic N) is 1. The van der Waals surface area contributed by atoms with Gasteiger partial charge in [0.2, 0.25) is 0 Å². The summed E-state index contributed by atoms with van der Waals surface area (Å²) in [7, 11) is 0. The van der Waals surface area contributed by atoms with Crippen molar-refractivity contribution in [3.8, 4) is 11.8 Å². The third-order valence-corrected chi connectivity index (χ3v) is 2.56. The van der Waals surface area contributed by atoms with Crippen LogP contribution in [0.25, 0.3) is 0 Å². The van der Waals surface area contributed by atoms with Crippen molar-refractivity contribution in [2.24, 2.45) is 0 Å². The minimum Gasteiger partial charge on any atom is -0.417 e. The smallest absolute Gasteiger partial charge is 0.399 e. The molecule has 0 saturated carbocycles. The molecule has 0 atom stereocenters. The first-order chi connectivity index (χ1) is 9.04. The SMILES string of the molecule is Cc1cc(Oc2nc(CNC(C)C)co2)ccc1F. The summed E-state index contributed by atoms with van der Waals surface area (Å²) in [5.41, 5.74) is 1.29. The number of hydrogen-bond acceptors (Lipinski definition) is 4. The Morgan fingerprint density at radius 1 is 1.42 bits per heavy atom. The van der Waals surface area contributed by atoms with Crippen molar-refractivity contribution in [1.82, 2.24) is 10.3 Å². The van der Waals surface area contributed by atoms with Crippen LogP contribution < -0.4 is 10.1 Å². The van der Waals surface area contributed by atoms with Crippen LogP contribution in [0.2, 0.25) is 0 Å². The Balaban J connectivity index is 2.01. The number of aromatic nitrogens is 1. The molecule has 5 heteroatoms. The molecule has 2 aromatic rings. The van der Waals surface area contributed by atoms with Gasteiger partial charge in [-0.2, -0.15) is 4.98 Å². The number of hydrogen-bond donors (Lipinski definition) is 1. The summed E-state index contributed by atoms with van der Waals surface area (Å²) in [6.07, 6.45) is 1.70. The molecule has 0 aliphatic heterocycles. The first kappa shape index (κ1) is 13.5. The topological polar surface area (TPSA) is 47.3 Å². The lowest BCUT2D eigenvalue weighted by Gasteiger charge is -2.04.